The molecule has 0 heterocycles. The molecule has 0 fully saturated rings. The molecule has 0 N–H and O–H groups in total. The molecule has 0 rings (SSSR count). The number of rotatable bonds is 58. The normalized spacial score (nSPS) is 12.2. The topological polar surface area (TPSA) is 80.3 Å². The lowest BCUT2D eigenvalue weighted by atomic mass is 10.1. The highest BCUT2D eigenvalue weighted by Crippen LogP contribution is 2.66. The van der Waals surface area contributed by atoms with Gasteiger partial charge in [0.1, 0.15) is 0 Å². The zero-order valence-electron chi connectivity index (χ0n) is 44.5. The Morgan fingerprint density at radius 2 is 0.323 bits per heavy atom. The van der Waals surface area contributed by atoms with Gasteiger partial charge in [0.05, 0.1) is 26.4 Å². The molecule has 392 valence electrons. The average Bonchev–Trinajstić information content (AvgIpc) is 3.30. The van der Waals surface area contributed by atoms with Gasteiger partial charge in [0, 0.05) is 0 Å². The minimum Gasteiger partial charge on any atom is -0.287 e. The fraction of sp³-hybridized carbons (Fsp3) is 1.00. The largest absolute Gasteiger partial charge is 0.483 e. The summed E-state index contributed by atoms with van der Waals surface area (Å²) in [7, 11) is -8.38. The van der Waals surface area contributed by atoms with Gasteiger partial charge >= 0.3 is 15.6 Å². The van der Waals surface area contributed by atoms with E-state index in [4.69, 9.17) is 22.4 Å². The molecule has 7 nitrogen and oxygen atoms in total. The number of hydrogen-bond acceptors (Lipinski definition) is 7. The van der Waals surface area contributed by atoms with Crippen LogP contribution in [0.3, 0.4) is 0 Å². The number of unbranched alkanes of at least 4 members (excludes halogenated alkanes) is 44. The second-order valence-electron chi connectivity index (χ2n) is 19.9. The smallest absolute Gasteiger partial charge is 0.287 e. The SMILES string of the molecule is CCCCCCCCCCCCCCOP(=O)(OCCCCCCCCCCCCCC)OP(=O)(OCCCCCCCCCCCCCC)OCCCCCCCCCCCCCC. The molecule has 0 aromatic rings. The molecular formula is C56H116O7P2. The third kappa shape index (κ3) is 50.5. The van der Waals surface area contributed by atoms with E-state index in [-0.39, 0.29) is 26.4 Å². The van der Waals surface area contributed by atoms with E-state index in [0.29, 0.717) is 0 Å². The molecule has 0 bridgehead atoms. The van der Waals surface area contributed by atoms with Crippen LogP contribution < -0.4 is 0 Å². The Morgan fingerprint density at radius 1 is 0.200 bits per heavy atom. The van der Waals surface area contributed by atoms with E-state index >= 15 is 0 Å². The van der Waals surface area contributed by atoms with Gasteiger partial charge in [-0.3, -0.25) is 18.1 Å². The van der Waals surface area contributed by atoms with E-state index in [1.165, 1.54) is 231 Å². The summed E-state index contributed by atoms with van der Waals surface area (Å²) in [6.45, 7) is 10.1. The summed E-state index contributed by atoms with van der Waals surface area (Å²) in [5.74, 6) is 0. The second-order valence-corrected chi connectivity index (χ2v) is 23.3. The summed E-state index contributed by atoms with van der Waals surface area (Å²) in [5.41, 5.74) is 0. The molecule has 0 aliphatic carbocycles. The molecule has 0 saturated carbocycles. The molecule has 0 aromatic heterocycles. The Labute approximate surface area is 407 Å². The van der Waals surface area contributed by atoms with Crippen molar-refractivity contribution in [3.8, 4) is 0 Å². The summed E-state index contributed by atoms with van der Waals surface area (Å²) < 4.78 is 58.2. The number of hydrogen-bond donors (Lipinski definition) is 0. The van der Waals surface area contributed by atoms with Gasteiger partial charge in [0.25, 0.3) is 0 Å². The summed E-state index contributed by atoms with van der Waals surface area (Å²) >= 11 is 0. The van der Waals surface area contributed by atoms with E-state index < -0.39 is 15.6 Å². The van der Waals surface area contributed by atoms with E-state index in [1.54, 1.807) is 0 Å². The van der Waals surface area contributed by atoms with E-state index in [2.05, 4.69) is 27.7 Å². The van der Waals surface area contributed by atoms with Crippen LogP contribution in [-0.4, -0.2) is 26.4 Å². The van der Waals surface area contributed by atoms with Crippen LogP contribution in [0, 0.1) is 0 Å². The van der Waals surface area contributed by atoms with E-state index in [0.717, 1.165) is 77.0 Å². The maximum absolute atomic E-state index is 14.3. The molecule has 0 saturated heterocycles. The zero-order valence-corrected chi connectivity index (χ0v) is 46.3. The standard InChI is InChI=1S/C56H116O7P2/c1-5-9-13-17-21-25-29-33-37-41-45-49-53-59-64(57,60-54-50-46-42-38-34-30-26-22-18-14-10-6-2)63-65(58,61-55-51-47-43-39-35-31-27-23-19-15-11-7-3)62-56-52-48-44-40-36-32-28-24-20-16-12-8-4/h5-56H2,1-4H3. The Bertz CT molecular complexity index is 854. The summed E-state index contributed by atoms with van der Waals surface area (Å²) in [6.07, 6.45) is 59.2. The molecule has 0 atom stereocenters. The highest BCUT2D eigenvalue weighted by atomic mass is 31.3. The van der Waals surface area contributed by atoms with Crippen LogP contribution in [0.4, 0.5) is 0 Å². The van der Waals surface area contributed by atoms with Crippen molar-refractivity contribution in [1.82, 2.24) is 0 Å². The first kappa shape index (κ1) is 65.3. The van der Waals surface area contributed by atoms with Crippen molar-refractivity contribution in [3.63, 3.8) is 0 Å². The molecule has 65 heavy (non-hydrogen) atoms. The highest BCUT2D eigenvalue weighted by molar-refractivity contribution is 7.62. The van der Waals surface area contributed by atoms with Crippen LogP contribution in [0.25, 0.3) is 0 Å². The molecular weight excluding hydrogens is 847 g/mol. The third-order valence-corrected chi connectivity index (χ3v) is 16.8. The zero-order chi connectivity index (χ0) is 47.3. The molecule has 0 unspecified atom stereocenters. The van der Waals surface area contributed by atoms with Crippen LogP contribution in [0.15, 0.2) is 0 Å². The fourth-order valence-electron chi connectivity index (χ4n) is 8.77. The van der Waals surface area contributed by atoms with Crippen molar-refractivity contribution < 1.29 is 31.5 Å². The molecule has 0 amide bonds. The Kier molecular flexibility index (Phi) is 53.8. The molecule has 0 radical (unpaired) electrons. The molecule has 9 heteroatoms. The van der Waals surface area contributed by atoms with Gasteiger partial charge in [-0.25, -0.2) is 9.13 Å². The maximum Gasteiger partial charge on any atom is 0.483 e. The molecule has 0 aliphatic heterocycles. The van der Waals surface area contributed by atoms with Crippen LogP contribution in [0.5, 0.6) is 0 Å². The second kappa shape index (κ2) is 53.6. The average molecular weight is 963 g/mol. The quantitative estimate of drug-likeness (QED) is 0.0444. The lowest BCUT2D eigenvalue weighted by molar-refractivity contribution is 0.105. The minimum absolute atomic E-state index is 0.241. The van der Waals surface area contributed by atoms with Crippen molar-refractivity contribution in [2.75, 3.05) is 26.4 Å². The van der Waals surface area contributed by atoms with E-state index in [1.807, 2.05) is 0 Å². The number of phosphoric acid groups is 2. The number of phosphoric ester groups is 2. The first-order valence-corrected chi connectivity index (χ1v) is 32.4. The lowest BCUT2D eigenvalue weighted by Crippen LogP contribution is -2.07. The van der Waals surface area contributed by atoms with Crippen molar-refractivity contribution in [2.45, 2.75) is 336 Å². The summed E-state index contributed by atoms with van der Waals surface area (Å²) in [6, 6.07) is 0. The van der Waals surface area contributed by atoms with Crippen LogP contribution in [-0.2, 0) is 31.5 Å². The van der Waals surface area contributed by atoms with Crippen LogP contribution in [0.2, 0.25) is 0 Å². The molecule has 0 spiro atoms. The lowest BCUT2D eigenvalue weighted by Gasteiger charge is -2.23. The Hall–Kier alpha value is 0.260. The van der Waals surface area contributed by atoms with Crippen molar-refractivity contribution >= 4 is 15.6 Å². The van der Waals surface area contributed by atoms with Crippen molar-refractivity contribution in [3.05, 3.63) is 0 Å². The predicted molar refractivity (Wildman–Crippen MR) is 284 cm³/mol. The monoisotopic (exact) mass is 963 g/mol. The van der Waals surface area contributed by atoms with Crippen molar-refractivity contribution in [1.29, 1.82) is 0 Å². The summed E-state index contributed by atoms with van der Waals surface area (Å²) in [5, 5.41) is 0. The Balaban J connectivity index is 5.12. The van der Waals surface area contributed by atoms with Gasteiger partial charge < -0.3 is 0 Å². The first-order chi connectivity index (χ1) is 31.9. The van der Waals surface area contributed by atoms with Crippen LogP contribution in [0.1, 0.15) is 336 Å². The van der Waals surface area contributed by atoms with Gasteiger partial charge in [-0.2, -0.15) is 4.31 Å². The van der Waals surface area contributed by atoms with Crippen molar-refractivity contribution in [2.24, 2.45) is 0 Å². The predicted octanol–water partition coefficient (Wildman–Crippen LogP) is 22.1. The van der Waals surface area contributed by atoms with E-state index in [9.17, 15) is 9.13 Å². The van der Waals surface area contributed by atoms with Gasteiger partial charge in [-0.05, 0) is 25.7 Å². The van der Waals surface area contributed by atoms with Gasteiger partial charge in [-0.15, -0.1) is 0 Å². The Morgan fingerprint density at radius 3 is 0.462 bits per heavy atom. The highest BCUT2D eigenvalue weighted by Gasteiger charge is 2.40. The third-order valence-electron chi connectivity index (χ3n) is 13.2. The van der Waals surface area contributed by atoms with Gasteiger partial charge in [0.2, 0.25) is 0 Å². The minimum atomic E-state index is -4.19. The first-order valence-electron chi connectivity index (χ1n) is 29.4. The van der Waals surface area contributed by atoms with Gasteiger partial charge in [0.15, 0.2) is 0 Å². The summed E-state index contributed by atoms with van der Waals surface area (Å²) in [4.78, 5) is 0. The molecule has 0 aliphatic rings. The maximum atomic E-state index is 14.3. The fourth-order valence-corrected chi connectivity index (χ4v) is 12.1. The van der Waals surface area contributed by atoms with Gasteiger partial charge in [-0.1, -0.05) is 310 Å². The van der Waals surface area contributed by atoms with Crippen LogP contribution >= 0.6 is 15.6 Å². The molecule has 0 aromatic carbocycles.